The molecule has 1 atom stereocenters. The van der Waals surface area contributed by atoms with Crippen LogP contribution >= 0.6 is 0 Å². The van der Waals surface area contributed by atoms with Crippen molar-refractivity contribution in [3.05, 3.63) is 48.5 Å². The van der Waals surface area contributed by atoms with E-state index in [2.05, 4.69) is 10.3 Å². The third kappa shape index (κ3) is 3.19. The zero-order valence-electron chi connectivity index (χ0n) is 13.3. The summed E-state index contributed by atoms with van der Waals surface area (Å²) in [6.07, 6.45) is 5.64. The number of rotatable bonds is 5. The van der Waals surface area contributed by atoms with E-state index in [0.717, 1.165) is 16.2 Å². The van der Waals surface area contributed by atoms with Crippen molar-refractivity contribution in [1.82, 2.24) is 19.8 Å². The molecule has 1 saturated heterocycles. The van der Waals surface area contributed by atoms with Gasteiger partial charge in [0.25, 0.3) is 0 Å². The average Bonchev–Trinajstić information content (AvgIpc) is 3.23. The fraction of sp³-hybridized carbons (Fsp3) is 0.294. The number of benzene rings is 1. The molecule has 1 N–H and O–H groups in total. The van der Waals surface area contributed by atoms with E-state index in [-0.39, 0.29) is 30.6 Å². The molecule has 0 saturated carbocycles. The largest absolute Gasteiger partial charge is 0.350 e. The summed E-state index contributed by atoms with van der Waals surface area (Å²) in [6, 6.07) is 6.90. The van der Waals surface area contributed by atoms with E-state index in [1.807, 2.05) is 35.0 Å². The van der Waals surface area contributed by atoms with E-state index in [1.165, 1.54) is 0 Å². The number of carbonyl (C=O) groups excluding carboxylic acids is 3. The van der Waals surface area contributed by atoms with Gasteiger partial charge in [0.1, 0.15) is 6.04 Å². The Morgan fingerprint density at radius 2 is 1.88 bits per heavy atom. The highest BCUT2D eigenvalue weighted by molar-refractivity contribution is 6.05. The first-order valence-electron chi connectivity index (χ1n) is 7.76. The molecule has 1 aliphatic heterocycles. The van der Waals surface area contributed by atoms with Crippen LogP contribution in [0.2, 0.25) is 0 Å². The number of likely N-dealkylation sites (tertiary alicyclic amines) is 1. The fourth-order valence-corrected chi connectivity index (χ4v) is 2.68. The molecule has 1 unspecified atom stereocenters. The lowest BCUT2D eigenvalue weighted by Gasteiger charge is -2.21. The minimum atomic E-state index is -0.780. The Balaban J connectivity index is 1.58. The van der Waals surface area contributed by atoms with E-state index >= 15 is 0 Å². The molecule has 1 aliphatic rings. The predicted molar refractivity (Wildman–Crippen MR) is 86.0 cm³/mol. The molecule has 0 bridgehead atoms. The molecule has 1 aromatic carbocycles. The topological polar surface area (TPSA) is 84.3 Å². The van der Waals surface area contributed by atoms with Gasteiger partial charge in [-0.05, 0) is 24.6 Å². The maximum atomic E-state index is 12.2. The smallest absolute Gasteiger partial charge is 0.243 e. The monoisotopic (exact) mass is 326 g/mol. The first kappa shape index (κ1) is 15.9. The second-order valence-corrected chi connectivity index (χ2v) is 5.69. The lowest BCUT2D eigenvalue weighted by atomic mass is 10.2. The molecule has 1 fully saturated rings. The molecule has 2 heterocycles. The first-order chi connectivity index (χ1) is 11.6. The zero-order valence-corrected chi connectivity index (χ0v) is 13.3. The summed E-state index contributed by atoms with van der Waals surface area (Å²) in [4.78, 5) is 40.6. The molecule has 3 amide bonds. The van der Waals surface area contributed by atoms with Crippen LogP contribution in [0.1, 0.15) is 25.3 Å². The Kier molecular flexibility index (Phi) is 4.41. The van der Waals surface area contributed by atoms with Gasteiger partial charge in [-0.25, -0.2) is 4.98 Å². The number of aromatic nitrogens is 2. The fourth-order valence-electron chi connectivity index (χ4n) is 2.68. The SMILES string of the molecule is CC(C(=O)NCc1ccc(-n2ccnc2)cc1)N1C(=O)CCC1=O. The number of imidazole rings is 1. The highest BCUT2D eigenvalue weighted by Gasteiger charge is 2.35. The van der Waals surface area contributed by atoms with Crippen molar-refractivity contribution in [2.24, 2.45) is 0 Å². The standard InChI is InChI=1S/C17H18N4O3/c1-12(21-15(22)6-7-16(21)23)17(24)19-10-13-2-4-14(5-3-13)20-9-8-18-11-20/h2-5,8-9,11-12H,6-7,10H2,1H3,(H,19,24). The summed E-state index contributed by atoms with van der Waals surface area (Å²) in [7, 11) is 0. The van der Waals surface area contributed by atoms with Gasteiger partial charge in [-0.3, -0.25) is 19.3 Å². The van der Waals surface area contributed by atoms with Crippen LogP contribution in [0.4, 0.5) is 0 Å². The molecule has 7 heteroatoms. The number of hydrogen-bond donors (Lipinski definition) is 1. The van der Waals surface area contributed by atoms with E-state index in [4.69, 9.17) is 0 Å². The number of carbonyl (C=O) groups is 3. The number of nitrogens with zero attached hydrogens (tertiary/aromatic N) is 3. The molecule has 0 aliphatic carbocycles. The highest BCUT2D eigenvalue weighted by Crippen LogP contribution is 2.15. The van der Waals surface area contributed by atoms with Gasteiger partial charge in [0.05, 0.1) is 6.33 Å². The minimum Gasteiger partial charge on any atom is -0.350 e. The maximum absolute atomic E-state index is 12.2. The van der Waals surface area contributed by atoms with Crippen LogP contribution in [0, 0.1) is 0 Å². The van der Waals surface area contributed by atoms with Gasteiger partial charge in [-0.2, -0.15) is 0 Å². The normalized spacial score (nSPS) is 15.6. The lowest BCUT2D eigenvalue weighted by Crippen LogP contribution is -2.47. The van der Waals surface area contributed by atoms with Crippen molar-refractivity contribution in [3.8, 4) is 5.69 Å². The molecular weight excluding hydrogens is 308 g/mol. The van der Waals surface area contributed by atoms with Crippen LogP contribution < -0.4 is 5.32 Å². The second-order valence-electron chi connectivity index (χ2n) is 5.69. The van der Waals surface area contributed by atoms with Gasteiger partial charge in [0, 0.05) is 37.5 Å². The molecule has 1 aromatic heterocycles. The first-order valence-corrected chi connectivity index (χ1v) is 7.76. The Morgan fingerprint density at radius 1 is 1.21 bits per heavy atom. The van der Waals surface area contributed by atoms with Crippen molar-refractivity contribution in [3.63, 3.8) is 0 Å². The van der Waals surface area contributed by atoms with Crippen molar-refractivity contribution in [2.45, 2.75) is 32.4 Å². The van der Waals surface area contributed by atoms with Crippen molar-refractivity contribution < 1.29 is 14.4 Å². The number of hydrogen-bond acceptors (Lipinski definition) is 4. The van der Waals surface area contributed by atoms with E-state index in [0.29, 0.717) is 6.54 Å². The molecule has 0 radical (unpaired) electrons. The third-order valence-electron chi connectivity index (χ3n) is 4.06. The minimum absolute atomic E-state index is 0.187. The summed E-state index contributed by atoms with van der Waals surface area (Å²) in [6.45, 7) is 1.90. The quantitative estimate of drug-likeness (QED) is 0.832. The van der Waals surface area contributed by atoms with Crippen molar-refractivity contribution in [1.29, 1.82) is 0 Å². The van der Waals surface area contributed by atoms with Gasteiger partial charge in [-0.15, -0.1) is 0 Å². The number of imide groups is 1. The molecule has 3 rings (SSSR count). The summed E-state index contributed by atoms with van der Waals surface area (Å²) in [5, 5.41) is 2.77. The van der Waals surface area contributed by atoms with Crippen LogP contribution in [0.5, 0.6) is 0 Å². The van der Waals surface area contributed by atoms with Crippen molar-refractivity contribution >= 4 is 17.7 Å². The van der Waals surface area contributed by atoms with Crippen molar-refractivity contribution in [2.75, 3.05) is 0 Å². The van der Waals surface area contributed by atoms with E-state index in [9.17, 15) is 14.4 Å². The molecule has 7 nitrogen and oxygen atoms in total. The summed E-state index contributed by atoms with van der Waals surface area (Å²) in [5.74, 6) is -0.906. The van der Waals surface area contributed by atoms with Gasteiger partial charge in [0.2, 0.25) is 17.7 Å². The Morgan fingerprint density at radius 3 is 2.46 bits per heavy atom. The molecule has 0 spiro atoms. The van der Waals surface area contributed by atoms with E-state index < -0.39 is 6.04 Å². The molecule has 124 valence electrons. The van der Waals surface area contributed by atoms with Crippen LogP contribution in [0.25, 0.3) is 5.69 Å². The van der Waals surface area contributed by atoms with E-state index in [1.54, 1.807) is 19.4 Å². The summed E-state index contributed by atoms with van der Waals surface area (Å²) >= 11 is 0. The average molecular weight is 326 g/mol. The third-order valence-corrected chi connectivity index (χ3v) is 4.06. The Labute approximate surface area is 139 Å². The van der Waals surface area contributed by atoms with Gasteiger partial charge < -0.3 is 9.88 Å². The summed E-state index contributed by atoms with van der Waals surface area (Å²) in [5.41, 5.74) is 1.91. The number of nitrogens with one attached hydrogen (secondary N) is 1. The Hall–Kier alpha value is -2.96. The van der Waals surface area contributed by atoms with Gasteiger partial charge in [-0.1, -0.05) is 12.1 Å². The molecule has 2 aromatic rings. The van der Waals surface area contributed by atoms with Crippen LogP contribution in [0.3, 0.4) is 0 Å². The maximum Gasteiger partial charge on any atom is 0.243 e. The Bertz CT molecular complexity index is 737. The number of amides is 3. The lowest BCUT2D eigenvalue weighted by molar-refractivity contribution is -0.146. The van der Waals surface area contributed by atoms with Crippen LogP contribution in [-0.4, -0.2) is 38.2 Å². The van der Waals surface area contributed by atoms with Crippen LogP contribution in [-0.2, 0) is 20.9 Å². The van der Waals surface area contributed by atoms with Gasteiger partial charge in [0.15, 0.2) is 0 Å². The zero-order chi connectivity index (χ0) is 17.1. The van der Waals surface area contributed by atoms with Crippen LogP contribution in [0.15, 0.2) is 43.0 Å². The predicted octanol–water partition coefficient (Wildman–Crippen LogP) is 1.03. The second kappa shape index (κ2) is 6.66. The van der Waals surface area contributed by atoms with Gasteiger partial charge >= 0.3 is 0 Å². The summed E-state index contributed by atoms with van der Waals surface area (Å²) < 4.78 is 1.88. The molecular formula is C17H18N4O3. The molecule has 24 heavy (non-hydrogen) atoms. The highest BCUT2D eigenvalue weighted by atomic mass is 16.2.